The molecule has 0 fully saturated rings. The van der Waals surface area contributed by atoms with Crippen LogP contribution in [0, 0.1) is 0 Å². The predicted molar refractivity (Wildman–Crippen MR) is 133 cm³/mol. The van der Waals surface area contributed by atoms with Crippen LogP contribution in [0.5, 0.6) is 5.75 Å². The molecule has 1 unspecified atom stereocenters. The molecule has 35 heavy (non-hydrogen) atoms. The lowest BCUT2D eigenvalue weighted by Crippen LogP contribution is -2.35. The number of fused-ring (bicyclic) bond motifs is 1. The molecule has 3 rings (SSSR count). The standard InChI is InChI=1S/C26H28NO7P/c1-17(2)33-26(29)19(4)27-35(30,31)34-24-15-9-13-22-21(12-8-14-23(22)24)18(3)25(28)32-16-20-10-6-5-7-11-20/h5-15,17,19H,3,16H2,1-2,4H3,(H2,27,30,31)/t19-/m0/s1. The highest BCUT2D eigenvalue weighted by atomic mass is 31.2. The van der Waals surface area contributed by atoms with Crippen LogP contribution in [0.3, 0.4) is 0 Å². The Morgan fingerprint density at radius 2 is 1.63 bits per heavy atom. The van der Waals surface area contributed by atoms with Gasteiger partial charge in [-0.1, -0.05) is 67.2 Å². The van der Waals surface area contributed by atoms with Crippen molar-refractivity contribution in [1.82, 2.24) is 5.09 Å². The van der Waals surface area contributed by atoms with Gasteiger partial charge in [0.15, 0.2) is 0 Å². The Bertz CT molecular complexity index is 1270. The summed E-state index contributed by atoms with van der Waals surface area (Å²) in [5, 5.41) is 3.35. The van der Waals surface area contributed by atoms with Crippen molar-refractivity contribution in [3.63, 3.8) is 0 Å². The zero-order valence-corrected chi connectivity index (χ0v) is 20.7. The summed E-state index contributed by atoms with van der Waals surface area (Å²) in [7, 11) is -4.44. The Kier molecular flexibility index (Phi) is 8.46. The van der Waals surface area contributed by atoms with Crippen LogP contribution in [0.1, 0.15) is 31.9 Å². The first-order chi connectivity index (χ1) is 16.6. The van der Waals surface area contributed by atoms with Crippen LogP contribution in [-0.4, -0.2) is 29.0 Å². The fraction of sp³-hybridized carbons (Fsp3) is 0.231. The Hall–Kier alpha value is -3.45. The molecule has 3 aromatic carbocycles. The normalized spacial score (nSPS) is 13.6. The number of carbonyl (C=O) groups is 2. The number of hydrogen-bond acceptors (Lipinski definition) is 6. The first kappa shape index (κ1) is 26.2. The summed E-state index contributed by atoms with van der Waals surface area (Å²) in [6.07, 6.45) is -0.366. The Labute approximate surface area is 204 Å². The van der Waals surface area contributed by atoms with Gasteiger partial charge in [0.2, 0.25) is 0 Å². The lowest BCUT2D eigenvalue weighted by Gasteiger charge is -2.20. The largest absolute Gasteiger partial charge is 0.462 e. The fourth-order valence-corrected chi connectivity index (χ4v) is 4.41. The van der Waals surface area contributed by atoms with Crippen LogP contribution in [0.4, 0.5) is 0 Å². The minimum absolute atomic E-state index is 0.0950. The molecule has 0 spiro atoms. The van der Waals surface area contributed by atoms with Gasteiger partial charge in [0.25, 0.3) is 0 Å². The first-order valence-corrected chi connectivity index (χ1v) is 12.6. The quantitative estimate of drug-likeness (QED) is 0.229. The highest BCUT2D eigenvalue weighted by Gasteiger charge is 2.29. The Balaban J connectivity index is 1.79. The molecule has 0 aromatic heterocycles. The third-order valence-corrected chi connectivity index (χ3v) is 6.11. The lowest BCUT2D eigenvalue weighted by atomic mass is 9.99. The second kappa shape index (κ2) is 11.3. The van der Waals surface area contributed by atoms with Gasteiger partial charge >= 0.3 is 19.7 Å². The minimum atomic E-state index is -4.44. The van der Waals surface area contributed by atoms with Crippen molar-refractivity contribution in [2.45, 2.75) is 39.5 Å². The summed E-state index contributed by atoms with van der Waals surface area (Å²) < 4.78 is 28.5. The maximum absolute atomic E-state index is 12.7. The van der Waals surface area contributed by atoms with Gasteiger partial charge in [-0.05, 0) is 43.4 Å². The zero-order chi connectivity index (χ0) is 25.6. The highest BCUT2D eigenvalue weighted by Crippen LogP contribution is 2.42. The highest BCUT2D eigenvalue weighted by molar-refractivity contribution is 7.51. The van der Waals surface area contributed by atoms with Crippen molar-refractivity contribution < 1.29 is 33.0 Å². The van der Waals surface area contributed by atoms with Crippen LogP contribution in [0.25, 0.3) is 16.3 Å². The van der Waals surface area contributed by atoms with E-state index in [1.165, 1.54) is 13.0 Å². The van der Waals surface area contributed by atoms with E-state index in [0.29, 0.717) is 16.3 Å². The third kappa shape index (κ3) is 7.02. The van der Waals surface area contributed by atoms with Crippen molar-refractivity contribution in [3.8, 4) is 5.75 Å². The van der Waals surface area contributed by atoms with Gasteiger partial charge < -0.3 is 18.9 Å². The maximum Gasteiger partial charge on any atom is 0.456 e. The van der Waals surface area contributed by atoms with Gasteiger partial charge in [-0.3, -0.25) is 4.79 Å². The van der Waals surface area contributed by atoms with Gasteiger partial charge in [0.05, 0.1) is 11.7 Å². The second-order valence-corrected chi connectivity index (χ2v) is 9.63. The molecule has 184 valence electrons. The molecule has 9 heteroatoms. The molecule has 0 aliphatic rings. The SMILES string of the molecule is C=C(C(=O)OCc1ccccc1)c1cccc2c(OP(=O)(O)N[C@@H](C)C(=O)OC(C)C)cccc12. The molecule has 0 saturated heterocycles. The summed E-state index contributed by atoms with van der Waals surface area (Å²) in [6.45, 7) is 8.76. The summed E-state index contributed by atoms with van der Waals surface area (Å²) in [5.41, 5.74) is 1.49. The molecule has 0 radical (unpaired) electrons. The molecule has 8 nitrogen and oxygen atoms in total. The number of ether oxygens (including phenoxy) is 2. The van der Waals surface area contributed by atoms with Crippen molar-refractivity contribution in [2.24, 2.45) is 0 Å². The van der Waals surface area contributed by atoms with E-state index in [1.807, 2.05) is 30.3 Å². The van der Waals surface area contributed by atoms with Gasteiger partial charge in [0.1, 0.15) is 18.4 Å². The van der Waals surface area contributed by atoms with E-state index >= 15 is 0 Å². The van der Waals surface area contributed by atoms with Crippen LogP contribution >= 0.6 is 7.75 Å². The first-order valence-electron chi connectivity index (χ1n) is 11.0. The molecular weight excluding hydrogens is 469 g/mol. The Morgan fingerprint density at radius 1 is 0.971 bits per heavy atom. The average molecular weight is 497 g/mol. The van der Waals surface area contributed by atoms with Crippen molar-refractivity contribution in [1.29, 1.82) is 0 Å². The summed E-state index contributed by atoms with van der Waals surface area (Å²) in [6, 6.07) is 18.2. The van der Waals surface area contributed by atoms with E-state index in [-0.39, 0.29) is 24.0 Å². The molecule has 0 heterocycles. The molecule has 0 aliphatic heterocycles. The van der Waals surface area contributed by atoms with Gasteiger partial charge in [0, 0.05) is 5.39 Å². The molecule has 0 amide bonds. The molecule has 2 atom stereocenters. The van der Waals surface area contributed by atoms with Crippen LogP contribution < -0.4 is 9.61 Å². The molecular formula is C26H28NO7P. The molecule has 0 aliphatic carbocycles. The van der Waals surface area contributed by atoms with Gasteiger partial charge in [-0.25, -0.2) is 9.36 Å². The van der Waals surface area contributed by atoms with E-state index in [4.69, 9.17) is 14.0 Å². The topological polar surface area (TPSA) is 111 Å². The summed E-state index contributed by atoms with van der Waals surface area (Å²) in [4.78, 5) is 35.0. The predicted octanol–water partition coefficient (Wildman–Crippen LogP) is 5.01. The maximum atomic E-state index is 12.7. The smallest absolute Gasteiger partial charge is 0.456 e. The zero-order valence-electron chi connectivity index (χ0n) is 19.8. The number of nitrogens with one attached hydrogen (secondary N) is 1. The average Bonchev–Trinajstić information content (AvgIpc) is 2.81. The van der Waals surface area contributed by atoms with Crippen LogP contribution in [-0.2, 0) is 30.2 Å². The third-order valence-electron chi connectivity index (χ3n) is 4.95. The molecule has 0 saturated carbocycles. The molecule has 2 N–H and O–H groups in total. The number of benzene rings is 3. The lowest BCUT2D eigenvalue weighted by molar-refractivity contribution is -0.149. The van der Waals surface area contributed by atoms with Crippen LogP contribution in [0.2, 0.25) is 0 Å². The van der Waals surface area contributed by atoms with Crippen LogP contribution in [0.15, 0.2) is 73.3 Å². The fourth-order valence-electron chi connectivity index (χ4n) is 3.34. The van der Waals surface area contributed by atoms with E-state index in [0.717, 1.165) is 5.56 Å². The summed E-state index contributed by atoms with van der Waals surface area (Å²) >= 11 is 0. The van der Waals surface area contributed by atoms with Gasteiger partial charge in [-0.2, -0.15) is 5.09 Å². The molecule has 0 bridgehead atoms. The number of esters is 2. The van der Waals surface area contributed by atoms with E-state index in [1.54, 1.807) is 44.2 Å². The van der Waals surface area contributed by atoms with Crippen molar-refractivity contribution >= 4 is 36.0 Å². The van der Waals surface area contributed by atoms with Crippen molar-refractivity contribution in [2.75, 3.05) is 0 Å². The Morgan fingerprint density at radius 3 is 2.31 bits per heavy atom. The minimum Gasteiger partial charge on any atom is -0.462 e. The van der Waals surface area contributed by atoms with Crippen molar-refractivity contribution in [3.05, 3.63) is 84.4 Å². The van der Waals surface area contributed by atoms with E-state index in [9.17, 15) is 19.0 Å². The summed E-state index contributed by atoms with van der Waals surface area (Å²) in [5.74, 6) is -1.17. The number of carbonyl (C=O) groups excluding carboxylic acids is 2. The monoisotopic (exact) mass is 497 g/mol. The van der Waals surface area contributed by atoms with E-state index in [2.05, 4.69) is 11.7 Å². The van der Waals surface area contributed by atoms with Gasteiger partial charge in [-0.15, -0.1) is 0 Å². The number of hydrogen-bond donors (Lipinski definition) is 2. The number of rotatable bonds is 10. The molecule has 3 aromatic rings. The van der Waals surface area contributed by atoms with E-state index < -0.39 is 25.7 Å². The second-order valence-electron chi connectivity index (χ2n) is 8.15.